The van der Waals surface area contributed by atoms with Crippen molar-refractivity contribution in [1.29, 1.82) is 0 Å². The molecule has 0 heterocycles. The van der Waals surface area contributed by atoms with E-state index < -0.39 is 10.0 Å². The highest BCUT2D eigenvalue weighted by molar-refractivity contribution is 7.89. The minimum absolute atomic E-state index is 0.0341. The zero-order valence-corrected chi connectivity index (χ0v) is 12.3. The molecule has 0 radical (unpaired) electrons. The van der Waals surface area contributed by atoms with E-state index >= 15 is 0 Å². The molecule has 0 bridgehead atoms. The standard InChI is InChI=1S/C14H22N2O2S/c1-10-7-8-14(13(15)9-10)19(17,18)16-11(2)12-5-3-4-6-12/h7-9,11-12,16H,3-6,15H2,1-2H3. The number of benzene rings is 1. The Morgan fingerprint density at radius 2 is 1.95 bits per heavy atom. The van der Waals surface area contributed by atoms with Crippen LogP contribution in [0.5, 0.6) is 0 Å². The summed E-state index contributed by atoms with van der Waals surface area (Å²) in [5.74, 6) is 0.446. The SMILES string of the molecule is Cc1ccc(S(=O)(=O)NC(C)C2CCCC2)c(N)c1. The first kappa shape index (κ1) is 14.3. The molecule has 0 amide bonds. The van der Waals surface area contributed by atoms with E-state index in [0.29, 0.717) is 11.6 Å². The maximum absolute atomic E-state index is 12.3. The van der Waals surface area contributed by atoms with Gasteiger partial charge in [0.15, 0.2) is 0 Å². The molecular formula is C14H22N2O2S. The summed E-state index contributed by atoms with van der Waals surface area (Å²) in [5, 5.41) is 0. The van der Waals surface area contributed by atoms with Gasteiger partial charge in [-0.05, 0) is 50.3 Å². The summed E-state index contributed by atoms with van der Waals surface area (Å²) in [6.07, 6.45) is 4.60. The van der Waals surface area contributed by atoms with Crippen molar-refractivity contribution >= 4 is 15.7 Å². The number of hydrogen-bond acceptors (Lipinski definition) is 3. The van der Waals surface area contributed by atoms with Crippen molar-refractivity contribution in [2.45, 2.75) is 50.5 Å². The fourth-order valence-corrected chi connectivity index (χ4v) is 4.20. The first-order valence-corrected chi connectivity index (χ1v) is 8.27. The summed E-state index contributed by atoms with van der Waals surface area (Å²) in [7, 11) is -3.52. The van der Waals surface area contributed by atoms with Gasteiger partial charge in [0.2, 0.25) is 10.0 Å². The topological polar surface area (TPSA) is 72.2 Å². The quantitative estimate of drug-likeness (QED) is 0.833. The summed E-state index contributed by atoms with van der Waals surface area (Å²) < 4.78 is 27.4. The van der Waals surface area contributed by atoms with E-state index in [9.17, 15) is 8.42 Å². The van der Waals surface area contributed by atoms with Crippen molar-refractivity contribution in [2.24, 2.45) is 5.92 Å². The number of anilines is 1. The normalized spacial score (nSPS) is 18.6. The van der Waals surface area contributed by atoms with Gasteiger partial charge in [0, 0.05) is 6.04 Å². The van der Waals surface area contributed by atoms with Gasteiger partial charge in [-0.3, -0.25) is 0 Å². The largest absolute Gasteiger partial charge is 0.398 e. The average Bonchev–Trinajstić information content (AvgIpc) is 2.80. The highest BCUT2D eigenvalue weighted by Gasteiger charge is 2.27. The zero-order valence-electron chi connectivity index (χ0n) is 11.5. The maximum Gasteiger partial charge on any atom is 0.242 e. The molecule has 1 saturated carbocycles. The monoisotopic (exact) mass is 282 g/mol. The molecule has 0 aromatic heterocycles. The lowest BCUT2D eigenvalue weighted by atomic mass is 10.0. The van der Waals surface area contributed by atoms with Crippen molar-refractivity contribution in [3.63, 3.8) is 0 Å². The van der Waals surface area contributed by atoms with Gasteiger partial charge in [-0.2, -0.15) is 0 Å². The highest BCUT2D eigenvalue weighted by Crippen LogP contribution is 2.29. The predicted octanol–water partition coefficient (Wildman–Crippen LogP) is 2.43. The van der Waals surface area contributed by atoms with Gasteiger partial charge < -0.3 is 5.73 Å². The van der Waals surface area contributed by atoms with E-state index in [0.717, 1.165) is 18.4 Å². The molecule has 106 valence electrons. The number of sulfonamides is 1. The molecule has 1 aliphatic carbocycles. The molecule has 1 aromatic carbocycles. The predicted molar refractivity (Wildman–Crippen MR) is 77.3 cm³/mol. The number of nitrogens with two attached hydrogens (primary N) is 1. The van der Waals surface area contributed by atoms with Gasteiger partial charge in [-0.1, -0.05) is 18.9 Å². The third kappa shape index (κ3) is 3.28. The van der Waals surface area contributed by atoms with Crippen LogP contribution in [0, 0.1) is 12.8 Å². The average molecular weight is 282 g/mol. The molecule has 2 rings (SSSR count). The first-order valence-electron chi connectivity index (χ1n) is 6.78. The van der Waals surface area contributed by atoms with Crippen molar-refractivity contribution in [2.75, 3.05) is 5.73 Å². The van der Waals surface area contributed by atoms with E-state index in [-0.39, 0.29) is 10.9 Å². The third-order valence-electron chi connectivity index (χ3n) is 3.90. The zero-order chi connectivity index (χ0) is 14.0. The number of nitrogens with one attached hydrogen (secondary N) is 1. The van der Waals surface area contributed by atoms with Gasteiger partial charge >= 0.3 is 0 Å². The minimum Gasteiger partial charge on any atom is -0.398 e. The van der Waals surface area contributed by atoms with Crippen molar-refractivity contribution in [3.8, 4) is 0 Å². The number of hydrogen-bond donors (Lipinski definition) is 2. The minimum atomic E-state index is -3.52. The Morgan fingerprint density at radius 3 is 2.53 bits per heavy atom. The second-order valence-electron chi connectivity index (χ2n) is 5.50. The van der Waals surface area contributed by atoms with Gasteiger partial charge in [-0.25, -0.2) is 13.1 Å². The molecule has 0 saturated heterocycles. The summed E-state index contributed by atoms with van der Waals surface area (Å²) in [5.41, 5.74) is 7.09. The molecule has 1 aliphatic rings. The molecule has 19 heavy (non-hydrogen) atoms. The molecule has 5 heteroatoms. The van der Waals surface area contributed by atoms with E-state index in [4.69, 9.17) is 5.73 Å². The van der Waals surface area contributed by atoms with Crippen LogP contribution in [0.1, 0.15) is 38.2 Å². The van der Waals surface area contributed by atoms with Crippen LogP contribution in [-0.2, 0) is 10.0 Å². The van der Waals surface area contributed by atoms with Crippen LogP contribution in [0.25, 0.3) is 0 Å². The lowest BCUT2D eigenvalue weighted by Crippen LogP contribution is -2.37. The molecule has 0 aliphatic heterocycles. The Kier molecular flexibility index (Phi) is 4.16. The van der Waals surface area contributed by atoms with Crippen LogP contribution >= 0.6 is 0 Å². The molecule has 1 aromatic rings. The maximum atomic E-state index is 12.3. The van der Waals surface area contributed by atoms with Gasteiger partial charge in [0.1, 0.15) is 4.90 Å². The Hall–Kier alpha value is -1.07. The second-order valence-corrected chi connectivity index (χ2v) is 7.18. The van der Waals surface area contributed by atoms with Crippen molar-refractivity contribution in [1.82, 2.24) is 4.72 Å². The number of nitrogen functional groups attached to an aromatic ring is 1. The molecule has 0 spiro atoms. The lowest BCUT2D eigenvalue weighted by molar-refractivity contribution is 0.424. The molecule has 1 fully saturated rings. The summed E-state index contributed by atoms with van der Waals surface area (Å²) in [6.45, 7) is 3.83. The molecule has 4 nitrogen and oxygen atoms in total. The van der Waals surface area contributed by atoms with Crippen LogP contribution in [0.2, 0.25) is 0 Å². The summed E-state index contributed by atoms with van der Waals surface area (Å²) in [6, 6.07) is 5.00. The third-order valence-corrected chi connectivity index (χ3v) is 5.54. The van der Waals surface area contributed by atoms with Gasteiger partial charge in [0.25, 0.3) is 0 Å². The van der Waals surface area contributed by atoms with E-state index in [1.807, 2.05) is 13.8 Å². The van der Waals surface area contributed by atoms with Crippen molar-refractivity contribution < 1.29 is 8.42 Å². The Morgan fingerprint density at radius 1 is 1.32 bits per heavy atom. The molecule has 1 atom stereocenters. The summed E-state index contributed by atoms with van der Waals surface area (Å²) in [4.78, 5) is 0.183. The van der Waals surface area contributed by atoms with Gasteiger partial charge in [0.05, 0.1) is 5.69 Å². The smallest absolute Gasteiger partial charge is 0.242 e. The molecular weight excluding hydrogens is 260 g/mol. The van der Waals surface area contributed by atoms with E-state index in [1.165, 1.54) is 12.8 Å². The van der Waals surface area contributed by atoms with Crippen LogP contribution in [0.3, 0.4) is 0 Å². The molecule has 1 unspecified atom stereocenters. The van der Waals surface area contributed by atoms with Crippen LogP contribution < -0.4 is 10.5 Å². The van der Waals surface area contributed by atoms with Crippen LogP contribution in [0.15, 0.2) is 23.1 Å². The number of rotatable bonds is 4. The highest BCUT2D eigenvalue weighted by atomic mass is 32.2. The Bertz CT molecular complexity index is 549. The van der Waals surface area contributed by atoms with Crippen molar-refractivity contribution in [3.05, 3.63) is 23.8 Å². The Labute approximate surface area is 115 Å². The number of aryl methyl sites for hydroxylation is 1. The van der Waals surface area contributed by atoms with E-state index in [1.54, 1.807) is 18.2 Å². The fourth-order valence-electron chi connectivity index (χ4n) is 2.77. The lowest BCUT2D eigenvalue weighted by Gasteiger charge is -2.20. The van der Waals surface area contributed by atoms with Crippen LogP contribution in [-0.4, -0.2) is 14.5 Å². The van der Waals surface area contributed by atoms with Gasteiger partial charge in [-0.15, -0.1) is 0 Å². The van der Waals surface area contributed by atoms with Crippen LogP contribution in [0.4, 0.5) is 5.69 Å². The summed E-state index contributed by atoms with van der Waals surface area (Å²) >= 11 is 0. The second kappa shape index (κ2) is 5.51. The fraction of sp³-hybridized carbons (Fsp3) is 0.571. The van der Waals surface area contributed by atoms with E-state index in [2.05, 4.69) is 4.72 Å². The Balaban J connectivity index is 2.17. The molecule has 3 N–H and O–H groups in total. The first-order chi connectivity index (χ1) is 8.90.